The molecule has 0 unspecified atom stereocenters. The molecule has 2 aromatic rings. The van der Waals surface area contributed by atoms with Gasteiger partial charge in [0.25, 0.3) is 0 Å². The number of aliphatic hydroxyl groups is 1. The summed E-state index contributed by atoms with van der Waals surface area (Å²) in [7, 11) is -3.85. The number of hydrogen-bond acceptors (Lipinski definition) is 4. The van der Waals surface area contributed by atoms with Gasteiger partial charge in [-0.3, -0.25) is 4.79 Å². The molecule has 0 aromatic heterocycles. The van der Waals surface area contributed by atoms with Gasteiger partial charge >= 0.3 is 5.97 Å². The van der Waals surface area contributed by atoms with Crippen LogP contribution in [0.15, 0.2) is 55.1 Å². The standard InChI is InChI=1S/C25H27F2NO5S/c1-3-24(31)14-25(15-24,23(29)30)19-12-20(26)18(11-21(19)27)13-28-16(2)9-10-22(34(28,32)33)17-7-5-4-6-8-17/h3-8,11-12,16,22,31H,1,9-10,13-15H2,2H3,(H,29,30)/t16-,22+,24?,25?/m0/s1. The quantitative estimate of drug-likeness (QED) is 0.595. The van der Waals surface area contributed by atoms with Crippen molar-refractivity contribution in [1.82, 2.24) is 4.31 Å². The monoisotopic (exact) mass is 491 g/mol. The molecule has 9 heteroatoms. The zero-order valence-corrected chi connectivity index (χ0v) is 19.6. The zero-order chi connectivity index (χ0) is 24.9. The summed E-state index contributed by atoms with van der Waals surface area (Å²) in [5, 5.41) is 19.2. The number of carbonyl (C=O) groups is 1. The molecule has 1 aliphatic carbocycles. The first kappa shape index (κ1) is 24.5. The maximum atomic E-state index is 15.1. The van der Waals surface area contributed by atoms with Crippen LogP contribution in [0.3, 0.4) is 0 Å². The van der Waals surface area contributed by atoms with Gasteiger partial charge in [0.1, 0.15) is 22.3 Å². The third kappa shape index (κ3) is 3.95. The molecule has 1 saturated carbocycles. The SMILES string of the molecule is C=CC1(O)CC(C(=O)O)(c2cc(F)c(CN3[C@@H](C)CC[C@H](c4ccccc4)S3(=O)=O)cc2F)C1. The molecule has 1 aliphatic heterocycles. The number of carboxylic acid groups (broad SMARTS) is 1. The summed E-state index contributed by atoms with van der Waals surface area (Å²) < 4.78 is 58.3. The largest absolute Gasteiger partial charge is 0.481 e. The van der Waals surface area contributed by atoms with Gasteiger partial charge in [0.15, 0.2) is 0 Å². The number of aliphatic carboxylic acids is 1. The average molecular weight is 492 g/mol. The van der Waals surface area contributed by atoms with Crippen molar-refractivity contribution < 1.29 is 32.2 Å². The lowest BCUT2D eigenvalue weighted by atomic mass is 9.56. The van der Waals surface area contributed by atoms with Crippen LogP contribution in [0.2, 0.25) is 0 Å². The van der Waals surface area contributed by atoms with Crippen molar-refractivity contribution in [2.45, 2.75) is 61.5 Å². The zero-order valence-electron chi connectivity index (χ0n) is 18.7. The van der Waals surface area contributed by atoms with Gasteiger partial charge in [0.2, 0.25) is 10.0 Å². The number of nitrogens with zero attached hydrogens (tertiary/aromatic N) is 1. The fourth-order valence-corrected chi connectivity index (χ4v) is 7.38. The average Bonchev–Trinajstić information content (AvgIpc) is 2.76. The van der Waals surface area contributed by atoms with Crippen LogP contribution in [0.5, 0.6) is 0 Å². The van der Waals surface area contributed by atoms with Crippen LogP contribution in [-0.4, -0.2) is 40.5 Å². The highest BCUT2D eigenvalue weighted by Crippen LogP contribution is 2.52. The highest BCUT2D eigenvalue weighted by molar-refractivity contribution is 7.89. The van der Waals surface area contributed by atoms with E-state index in [9.17, 15) is 23.4 Å². The fourth-order valence-electron chi connectivity index (χ4n) is 5.19. The Labute approximate surface area is 197 Å². The predicted octanol–water partition coefficient (Wildman–Crippen LogP) is 4.05. The molecule has 2 N–H and O–H groups in total. The molecule has 6 nitrogen and oxygen atoms in total. The summed E-state index contributed by atoms with van der Waals surface area (Å²) in [4.78, 5) is 11.9. The van der Waals surface area contributed by atoms with Crippen molar-refractivity contribution in [1.29, 1.82) is 0 Å². The molecule has 2 fully saturated rings. The highest BCUT2D eigenvalue weighted by atomic mass is 32.2. The lowest BCUT2D eigenvalue weighted by Crippen LogP contribution is -2.58. The van der Waals surface area contributed by atoms with Crippen molar-refractivity contribution in [3.8, 4) is 0 Å². The molecule has 2 atom stereocenters. The predicted molar refractivity (Wildman–Crippen MR) is 122 cm³/mol. The third-order valence-electron chi connectivity index (χ3n) is 7.18. The van der Waals surface area contributed by atoms with Crippen LogP contribution < -0.4 is 0 Å². The molecular weight excluding hydrogens is 464 g/mol. The van der Waals surface area contributed by atoms with Gasteiger partial charge in [-0.25, -0.2) is 17.2 Å². The van der Waals surface area contributed by atoms with E-state index < -0.39 is 49.9 Å². The number of benzene rings is 2. The minimum Gasteiger partial charge on any atom is -0.481 e. The molecule has 0 radical (unpaired) electrons. The molecule has 2 aliphatic rings. The van der Waals surface area contributed by atoms with E-state index >= 15 is 8.78 Å². The van der Waals surface area contributed by atoms with E-state index in [-0.39, 0.29) is 30.5 Å². The van der Waals surface area contributed by atoms with Crippen LogP contribution >= 0.6 is 0 Å². The van der Waals surface area contributed by atoms with Gasteiger partial charge < -0.3 is 10.2 Å². The summed E-state index contributed by atoms with van der Waals surface area (Å²) >= 11 is 0. The maximum absolute atomic E-state index is 15.1. The van der Waals surface area contributed by atoms with Crippen molar-refractivity contribution >= 4 is 16.0 Å². The molecule has 0 bridgehead atoms. The van der Waals surface area contributed by atoms with Crippen molar-refractivity contribution in [3.63, 3.8) is 0 Å². The van der Waals surface area contributed by atoms with Crippen molar-refractivity contribution in [3.05, 3.63) is 83.4 Å². The topological polar surface area (TPSA) is 94.9 Å². The van der Waals surface area contributed by atoms with Gasteiger partial charge in [0.05, 0.1) is 5.60 Å². The molecule has 182 valence electrons. The Morgan fingerprint density at radius 2 is 1.82 bits per heavy atom. The lowest BCUT2D eigenvalue weighted by molar-refractivity contribution is -0.159. The first-order chi connectivity index (χ1) is 15.9. The molecule has 0 spiro atoms. The van der Waals surface area contributed by atoms with Crippen LogP contribution in [0.1, 0.15) is 54.5 Å². The van der Waals surface area contributed by atoms with Gasteiger partial charge in [-0.15, -0.1) is 6.58 Å². The van der Waals surface area contributed by atoms with Crippen LogP contribution in [0.25, 0.3) is 0 Å². The van der Waals surface area contributed by atoms with E-state index in [0.29, 0.717) is 18.4 Å². The fraction of sp³-hybridized carbons (Fsp3) is 0.400. The van der Waals surface area contributed by atoms with Crippen LogP contribution in [0.4, 0.5) is 8.78 Å². The molecule has 34 heavy (non-hydrogen) atoms. The van der Waals surface area contributed by atoms with Gasteiger partial charge in [0, 0.05) is 36.6 Å². The molecule has 1 heterocycles. The van der Waals surface area contributed by atoms with E-state index in [2.05, 4.69) is 6.58 Å². The lowest BCUT2D eigenvalue weighted by Gasteiger charge is -2.49. The first-order valence-electron chi connectivity index (χ1n) is 11.1. The van der Waals surface area contributed by atoms with E-state index in [0.717, 1.165) is 12.1 Å². The molecule has 1 saturated heterocycles. The second-order valence-corrected chi connectivity index (χ2v) is 11.5. The Hall–Kier alpha value is -2.62. The van der Waals surface area contributed by atoms with Gasteiger partial charge in [-0.2, -0.15) is 4.31 Å². The first-order valence-corrected chi connectivity index (χ1v) is 12.6. The minimum atomic E-state index is -3.85. The number of hydrogen-bond donors (Lipinski definition) is 2. The summed E-state index contributed by atoms with van der Waals surface area (Å²) in [6.45, 7) is 4.83. The van der Waals surface area contributed by atoms with Gasteiger partial charge in [-0.05, 0) is 37.5 Å². The summed E-state index contributed by atoms with van der Waals surface area (Å²) in [6.07, 6.45) is 1.52. The summed E-state index contributed by atoms with van der Waals surface area (Å²) in [6, 6.07) is 10.1. The van der Waals surface area contributed by atoms with Crippen molar-refractivity contribution in [2.75, 3.05) is 0 Å². The Balaban J connectivity index is 1.66. The highest BCUT2D eigenvalue weighted by Gasteiger charge is 2.59. The van der Waals surface area contributed by atoms with E-state index in [4.69, 9.17) is 0 Å². The molecule has 4 rings (SSSR count). The number of halogens is 2. The van der Waals surface area contributed by atoms with Crippen LogP contribution in [0, 0.1) is 11.6 Å². The number of carboxylic acids is 1. The van der Waals surface area contributed by atoms with E-state index in [1.165, 1.54) is 10.4 Å². The normalized spacial score (nSPS) is 30.9. The molecule has 0 amide bonds. The second kappa shape index (κ2) is 8.55. The van der Waals surface area contributed by atoms with Crippen LogP contribution in [-0.2, 0) is 26.8 Å². The summed E-state index contributed by atoms with van der Waals surface area (Å²) in [5.74, 6) is -3.22. The number of rotatable bonds is 6. The summed E-state index contributed by atoms with van der Waals surface area (Å²) in [5.41, 5.74) is -3.16. The maximum Gasteiger partial charge on any atom is 0.314 e. The van der Waals surface area contributed by atoms with E-state index in [1.807, 2.05) is 0 Å². The smallest absolute Gasteiger partial charge is 0.314 e. The van der Waals surface area contributed by atoms with E-state index in [1.54, 1.807) is 37.3 Å². The number of sulfonamides is 1. The minimum absolute atomic E-state index is 0.177. The van der Waals surface area contributed by atoms with Crippen molar-refractivity contribution in [2.24, 2.45) is 0 Å². The Bertz CT molecular complexity index is 1230. The third-order valence-corrected chi connectivity index (χ3v) is 9.55. The Kier molecular flexibility index (Phi) is 6.16. The molecule has 2 aromatic carbocycles. The van der Waals surface area contributed by atoms with Gasteiger partial charge in [-0.1, -0.05) is 36.4 Å². The Morgan fingerprint density at radius 3 is 2.41 bits per heavy atom. The Morgan fingerprint density at radius 1 is 1.18 bits per heavy atom. The second-order valence-electron chi connectivity index (χ2n) is 9.39. The molecular formula is C25H27F2NO5S.